The lowest BCUT2D eigenvalue weighted by Gasteiger charge is -2.14. The van der Waals surface area contributed by atoms with Gasteiger partial charge >= 0.3 is 0 Å². The van der Waals surface area contributed by atoms with Gasteiger partial charge in [-0.25, -0.2) is 0 Å². The van der Waals surface area contributed by atoms with E-state index in [1.165, 1.54) is 0 Å². The van der Waals surface area contributed by atoms with E-state index in [9.17, 15) is 0 Å². The molecule has 0 bridgehead atoms. The minimum atomic E-state index is 0.437. The molecule has 0 spiro atoms. The summed E-state index contributed by atoms with van der Waals surface area (Å²) < 4.78 is 17.6. The molecule has 0 saturated heterocycles. The van der Waals surface area contributed by atoms with E-state index in [-0.39, 0.29) is 0 Å². The molecule has 130 valence electrons. The Bertz CT molecular complexity index is 792. The van der Waals surface area contributed by atoms with Crippen LogP contribution < -0.4 is 14.8 Å². The van der Waals surface area contributed by atoms with Crippen LogP contribution in [0.5, 0.6) is 11.5 Å². The average Bonchev–Trinajstić information content (AvgIpc) is 3.15. The van der Waals surface area contributed by atoms with Crippen LogP contribution in [0.1, 0.15) is 16.9 Å². The Kier molecular flexibility index (Phi) is 6.09. The highest BCUT2D eigenvalue weighted by Crippen LogP contribution is 2.37. The number of ether oxygens (including phenoxy) is 2. The molecule has 0 radical (unpaired) electrons. The summed E-state index contributed by atoms with van der Waals surface area (Å²) in [4.78, 5) is 4.10. The molecule has 6 heteroatoms. The van der Waals surface area contributed by atoms with E-state index in [2.05, 4.69) is 32.3 Å². The first-order chi connectivity index (χ1) is 12.3. The van der Waals surface area contributed by atoms with Crippen molar-refractivity contribution >= 4 is 15.9 Å². The monoisotopic (exact) mass is 403 g/mol. The van der Waals surface area contributed by atoms with Crippen molar-refractivity contribution < 1.29 is 19.2 Å². The van der Waals surface area contributed by atoms with E-state index in [4.69, 9.17) is 13.9 Å². The number of nitrogens with zero attached hydrogens (tertiary/aromatic N) is 1. The molecule has 0 atom stereocenters. The predicted octanol–water partition coefficient (Wildman–Crippen LogP) is 3.29. The van der Waals surface area contributed by atoms with Gasteiger partial charge in [0.1, 0.15) is 19.7 Å². The van der Waals surface area contributed by atoms with Gasteiger partial charge in [0, 0.05) is 23.5 Å². The van der Waals surface area contributed by atoms with Crippen LogP contribution in [0, 0.1) is 0 Å². The number of rotatable bonds is 8. The van der Waals surface area contributed by atoms with Gasteiger partial charge in [0.05, 0.1) is 17.8 Å². The van der Waals surface area contributed by atoms with Crippen LogP contribution >= 0.6 is 15.9 Å². The van der Waals surface area contributed by atoms with Crippen molar-refractivity contribution in [3.8, 4) is 11.5 Å². The molecule has 0 aliphatic heterocycles. The number of hydrogen-bond donors (Lipinski definition) is 1. The predicted molar refractivity (Wildman–Crippen MR) is 97.3 cm³/mol. The molecular weight excluding hydrogens is 384 g/mol. The van der Waals surface area contributed by atoms with Crippen LogP contribution in [0.4, 0.5) is 0 Å². The molecule has 2 aromatic heterocycles. The normalized spacial score (nSPS) is 10.6. The zero-order valence-corrected chi connectivity index (χ0v) is 15.5. The summed E-state index contributed by atoms with van der Waals surface area (Å²) in [5.41, 5.74) is 2.15. The van der Waals surface area contributed by atoms with Crippen molar-refractivity contribution in [3.63, 3.8) is 0 Å². The number of furan rings is 1. The number of quaternary nitrogens is 1. The highest BCUT2D eigenvalue weighted by Gasteiger charge is 2.13. The number of nitrogens with two attached hydrogens (primary N) is 1. The van der Waals surface area contributed by atoms with E-state index in [1.54, 1.807) is 25.8 Å². The molecule has 2 N–H and O–H groups in total. The first kappa shape index (κ1) is 17.5. The number of aromatic nitrogens is 1. The molecule has 0 saturated carbocycles. The van der Waals surface area contributed by atoms with Gasteiger partial charge in [-0.05, 0) is 46.3 Å². The third-order valence-corrected chi connectivity index (χ3v) is 4.29. The van der Waals surface area contributed by atoms with Gasteiger partial charge in [-0.3, -0.25) is 4.98 Å². The fourth-order valence-corrected chi connectivity index (χ4v) is 3.08. The number of halogens is 1. The van der Waals surface area contributed by atoms with E-state index < -0.39 is 0 Å². The summed E-state index contributed by atoms with van der Waals surface area (Å²) in [6.45, 7) is 2.05. The SMILES string of the molecule is COc1cc(C[NH2+]Cc2ccco2)cc(Br)c1OCc1cccnc1. The summed E-state index contributed by atoms with van der Waals surface area (Å²) in [5.74, 6) is 2.36. The van der Waals surface area contributed by atoms with Crippen molar-refractivity contribution in [2.24, 2.45) is 0 Å². The Labute approximate surface area is 155 Å². The Hall–Kier alpha value is -2.31. The second-order valence-electron chi connectivity index (χ2n) is 5.54. The Balaban J connectivity index is 1.65. The zero-order valence-electron chi connectivity index (χ0n) is 13.9. The second-order valence-corrected chi connectivity index (χ2v) is 6.39. The zero-order chi connectivity index (χ0) is 17.5. The lowest BCUT2D eigenvalue weighted by molar-refractivity contribution is -0.688. The quantitative estimate of drug-likeness (QED) is 0.626. The first-order valence-corrected chi connectivity index (χ1v) is 8.77. The van der Waals surface area contributed by atoms with Crippen LogP contribution in [-0.4, -0.2) is 12.1 Å². The minimum Gasteiger partial charge on any atom is -0.493 e. The summed E-state index contributed by atoms with van der Waals surface area (Å²) in [7, 11) is 1.65. The molecular formula is C19H20BrN2O3+. The van der Waals surface area contributed by atoms with Crippen LogP contribution in [0.3, 0.4) is 0 Å². The molecule has 0 amide bonds. The average molecular weight is 404 g/mol. The first-order valence-electron chi connectivity index (χ1n) is 7.98. The Morgan fingerprint density at radius 3 is 2.80 bits per heavy atom. The van der Waals surface area contributed by atoms with Crippen LogP contribution in [0.2, 0.25) is 0 Å². The van der Waals surface area contributed by atoms with Gasteiger partial charge in [0.25, 0.3) is 0 Å². The lowest BCUT2D eigenvalue weighted by Crippen LogP contribution is -2.80. The number of methoxy groups -OCH3 is 1. The van der Waals surface area contributed by atoms with Crippen LogP contribution in [0.15, 0.2) is 63.9 Å². The largest absolute Gasteiger partial charge is 0.493 e. The van der Waals surface area contributed by atoms with E-state index in [0.717, 1.165) is 34.4 Å². The van der Waals surface area contributed by atoms with Gasteiger partial charge in [0.2, 0.25) is 0 Å². The van der Waals surface area contributed by atoms with Gasteiger partial charge in [-0.15, -0.1) is 0 Å². The summed E-state index contributed by atoms with van der Waals surface area (Å²) in [6.07, 6.45) is 5.23. The smallest absolute Gasteiger partial charge is 0.175 e. The maximum Gasteiger partial charge on any atom is 0.175 e. The Morgan fingerprint density at radius 1 is 1.16 bits per heavy atom. The molecule has 0 fully saturated rings. The van der Waals surface area contributed by atoms with Crippen molar-refractivity contribution in [2.75, 3.05) is 7.11 Å². The topological polar surface area (TPSA) is 61.1 Å². The van der Waals surface area contributed by atoms with Crippen molar-refractivity contribution in [1.82, 2.24) is 4.98 Å². The third kappa shape index (κ3) is 4.84. The standard InChI is InChI=1S/C19H19BrN2O3/c1-23-18-9-15(11-22-12-16-5-3-7-24-16)8-17(20)19(18)25-13-14-4-2-6-21-10-14/h2-10,22H,11-13H2,1H3/p+1. The molecule has 1 aromatic carbocycles. The van der Waals surface area contributed by atoms with Crippen molar-refractivity contribution in [1.29, 1.82) is 0 Å². The summed E-state index contributed by atoms with van der Waals surface area (Å²) in [5, 5.41) is 2.18. The molecule has 0 unspecified atom stereocenters. The fourth-order valence-electron chi connectivity index (χ4n) is 2.48. The number of benzene rings is 1. The molecule has 5 nitrogen and oxygen atoms in total. The maximum atomic E-state index is 5.93. The van der Waals surface area contributed by atoms with E-state index >= 15 is 0 Å². The third-order valence-electron chi connectivity index (χ3n) is 3.70. The van der Waals surface area contributed by atoms with Gasteiger partial charge in [0.15, 0.2) is 17.3 Å². The molecule has 25 heavy (non-hydrogen) atoms. The highest BCUT2D eigenvalue weighted by atomic mass is 79.9. The maximum absolute atomic E-state index is 5.93. The molecule has 0 aliphatic rings. The Morgan fingerprint density at radius 2 is 2.08 bits per heavy atom. The minimum absolute atomic E-state index is 0.437. The fraction of sp³-hybridized carbons (Fsp3) is 0.211. The van der Waals surface area contributed by atoms with Crippen LogP contribution in [0.25, 0.3) is 0 Å². The molecule has 3 aromatic rings. The molecule has 2 heterocycles. The molecule has 3 rings (SSSR count). The van der Waals surface area contributed by atoms with Crippen molar-refractivity contribution in [3.05, 3.63) is 76.4 Å². The van der Waals surface area contributed by atoms with E-state index in [0.29, 0.717) is 18.1 Å². The lowest BCUT2D eigenvalue weighted by atomic mass is 10.2. The second kappa shape index (κ2) is 8.69. The van der Waals surface area contributed by atoms with E-state index in [1.807, 2.05) is 30.3 Å². The van der Waals surface area contributed by atoms with Gasteiger partial charge < -0.3 is 19.2 Å². The van der Waals surface area contributed by atoms with Crippen LogP contribution in [-0.2, 0) is 19.7 Å². The van der Waals surface area contributed by atoms with Crippen molar-refractivity contribution in [2.45, 2.75) is 19.7 Å². The number of hydrogen-bond acceptors (Lipinski definition) is 4. The highest BCUT2D eigenvalue weighted by molar-refractivity contribution is 9.10. The summed E-state index contributed by atoms with van der Waals surface area (Å²) in [6, 6.07) is 11.8. The van der Waals surface area contributed by atoms with Gasteiger partial charge in [-0.2, -0.15) is 0 Å². The van der Waals surface area contributed by atoms with Gasteiger partial charge in [-0.1, -0.05) is 6.07 Å². The molecule has 0 aliphatic carbocycles. The summed E-state index contributed by atoms with van der Waals surface area (Å²) >= 11 is 3.59. The number of pyridine rings is 1.